The van der Waals surface area contributed by atoms with E-state index in [9.17, 15) is 0 Å². The van der Waals surface area contributed by atoms with Crippen LogP contribution in [-0.2, 0) is 4.74 Å². The van der Waals surface area contributed by atoms with Crippen molar-refractivity contribution in [2.45, 2.75) is 18.9 Å². The van der Waals surface area contributed by atoms with Crippen LogP contribution in [0.25, 0.3) is 0 Å². The molecule has 4 nitrogen and oxygen atoms in total. The first-order valence-electron chi connectivity index (χ1n) is 6.49. The van der Waals surface area contributed by atoms with Gasteiger partial charge in [-0.2, -0.15) is 0 Å². The summed E-state index contributed by atoms with van der Waals surface area (Å²) in [6.07, 6.45) is 4.23. The maximum absolute atomic E-state index is 6.29. The lowest BCUT2D eigenvalue weighted by Crippen LogP contribution is -2.39. The second kappa shape index (κ2) is 7.43. The van der Waals surface area contributed by atoms with Gasteiger partial charge in [-0.1, -0.05) is 11.6 Å². The van der Waals surface area contributed by atoms with Gasteiger partial charge in [0.2, 0.25) is 0 Å². The standard InChI is InChI=1S/C13H19BrClN3O/c1-19-6-5-18(9-11-3-2-4-16-11)13-12(15)7-10(14)8-17-13/h7-8,11,16H,2-6,9H2,1H3. The van der Waals surface area contributed by atoms with Crippen LogP contribution in [0, 0.1) is 0 Å². The van der Waals surface area contributed by atoms with E-state index in [0.29, 0.717) is 17.7 Å². The van der Waals surface area contributed by atoms with Gasteiger partial charge < -0.3 is 15.0 Å². The zero-order chi connectivity index (χ0) is 13.7. The number of nitrogens with zero attached hydrogens (tertiary/aromatic N) is 2. The topological polar surface area (TPSA) is 37.4 Å². The van der Waals surface area contributed by atoms with Crippen LogP contribution in [0.2, 0.25) is 5.02 Å². The third kappa shape index (κ3) is 4.31. The lowest BCUT2D eigenvalue weighted by atomic mass is 10.2. The number of nitrogens with one attached hydrogen (secondary N) is 1. The second-order valence-electron chi connectivity index (χ2n) is 4.69. The van der Waals surface area contributed by atoms with Gasteiger partial charge in [-0.05, 0) is 41.4 Å². The first-order chi connectivity index (χ1) is 9.20. The largest absolute Gasteiger partial charge is 0.383 e. The molecule has 0 aliphatic carbocycles. The number of anilines is 1. The number of methoxy groups -OCH3 is 1. The van der Waals surface area contributed by atoms with Crippen LogP contribution >= 0.6 is 27.5 Å². The summed E-state index contributed by atoms with van der Waals surface area (Å²) in [4.78, 5) is 6.63. The van der Waals surface area contributed by atoms with Crippen molar-refractivity contribution < 1.29 is 4.74 Å². The maximum Gasteiger partial charge on any atom is 0.147 e. The molecule has 106 valence electrons. The van der Waals surface area contributed by atoms with Gasteiger partial charge in [0.05, 0.1) is 11.6 Å². The number of rotatable bonds is 6. The fraction of sp³-hybridized carbons (Fsp3) is 0.615. The van der Waals surface area contributed by atoms with Crippen molar-refractivity contribution in [1.29, 1.82) is 0 Å². The molecule has 0 amide bonds. The van der Waals surface area contributed by atoms with Gasteiger partial charge in [-0.25, -0.2) is 4.98 Å². The molecule has 1 aromatic rings. The first-order valence-corrected chi connectivity index (χ1v) is 7.66. The van der Waals surface area contributed by atoms with Crippen LogP contribution in [0.1, 0.15) is 12.8 Å². The Morgan fingerprint density at radius 1 is 1.63 bits per heavy atom. The van der Waals surface area contributed by atoms with Gasteiger partial charge >= 0.3 is 0 Å². The molecule has 0 saturated carbocycles. The molecular weight excluding hydrogens is 330 g/mol. The highest BCUT2D eigenvalue weighted by Gasteiger charge is 2.20. The van der Waals surface area contributed by atoms with E-state index in [-0.39, 0.29) is 0 Å². The van der Waals surface area contributed by atoms with Crippen LogP contribution < -0.4 is 10.2 Å². The van der Waals surface area contributed by atoms with Crippen molar-refractivity contribution in [3.8, 4) is 0 Å². The molecule has 1 unspecified atom stereocenters. The Morgan fingerprint density at radius 2 is 2.47 bits per heavy atom. The van der Waals surface area contributed by atoms with Crippen molar-refractivity contribution in [2.75, 3.05) is 38.3 Å². The molecule has 2 heterocycles. The Hall–Kier alpha value is -0.360. The zero-order valence-electron chi connectivity index (χ0n) is 11.0. The number of hydrogen-bond acceptors (Lipinski definition) is 4. The summed E-state index contributed by atoms with van der Waals surface area (Å²) in [7, 11) is 1.71. The van der Waals surface area contributed by atoms with E-state index in [2.05, 4.69) is 31.1 Å². The minimum atomic E-state index is 0.512. The van der Waals surface area contributed by atoms with E-state index in [4.69, 9.17) is 16.3 Å². The Bertz CT molecular complexity index is 413. The highest BCUT2D eigenvalue weighted by atomic mass is 79.9. The number of aromatic nitrogens is 1. The average molecular weight is 349 g/mol. The molecule has 0 bridgehead atoms. The third-order valence-electron chi connectivity index (χ3n) is 3.26. The molecule has 0 spiro atoms. The van der Waals surface area contributed by atoms with E-state index in [1.165, 1.54) is 12.8 Å². The molecule has 1 atom stereocenters. The summed E-state index contributed by atoms with van der Waals surface area (Å²) in [6, 6.07) is 2.39. The Labute approximate surface area is 127 Å². The molecule has 19 heavy (non-hydrogen) atoms. The fourth-order valence-electron chi connectivity index (χ4n) is 2.30. The van der Waals surface area contributed by atoms with E-state index < -0.39 is 0 Å². The molecule has 1 saturated heterocycles. The first kappa shape index (κ1) is 15.0. The molecule has 1 fully saturated rings. The zero-order valence-corrected chi connectivity index (χ0v) is 13.4. The predicted octanol–water partition coefficient (Wildman–Crippen LogP) is 2.70. The Kier molecular flexibility index (Phi) is 5.88. The summed E-state index contributed by atoms with van der Waals surface area (Å²) in [5.41, 5.74) is 0. The van der Waals surface area contributed by atoms with E-state index in [1.54, 1.807) is 13.3 Å². The van der Waals surface area contributed by atoms with Gasteiger partial charge in [0, 0.05) is 36.9 Å². The second-order valence-corrected chi connectivity index (χ2v) is 6.01. The molecule has 1 aromatic heterocycles. The van der Waals surface area contributed by atoms with Crippen LogP contribution in [0.3, 0.4) is 0 Å². The molecule has 1 N–H and O–H groups in total. The van der Waals surface area contributed by atoms with Gasteiger partial charge in [-0.3, -0.25) is 0 Å². The molecule has 6 heteroatoms. The van der Waals surface area contributed by atoms with E-state index in [1.807, 2.05) is 6.07 Å². The highest BCUT2D eigenvalue weighted by Crippen LogP contribution is 2.26. The summed E-state index contributed by atoms with van der Waals surface area (Å²) < 4.78 is 6.07. The molecule has 2 rings (SSSR count). The third-order valence-corrected chi connectivity index (χ3v) is 3.97. The van der Waals surface area contributed by atoms with Gasteiger partial charge in [0.1, 0.15) is 5.82 Å². The number of ether oxygens (including phenoxy) is 1. The van der Waals surface area contributed by atoms with Crippen LogP contribution in [0.4, 0.5) is 5.82 Å². The normalized spacial score (nSPS) is 18.8. The van der Waals surface area contributed by atoms with Crippen LogP contribution in [0.15, 0.2) is 16.7 Å². The lowest BCUT2D eigenvalue weighted by molar-refractivity contribution is 0.204. The van der Waals surface area contributed by atoms with Crippen LogP contribution in [-0.4, -0.2) is 44.4 Å². The minimum Gasteiger partial charge on any atom is -0.383 e. The monoisotopic (exact) mass is 347 g/mol. The van der Waals surface area contributed by atoms with Crippen LogP contribution in [0.5, 0.6) is 0 Å². The van der Waals surface area contributed by atoms with Crippen molar-refractivity contribution in [3.63, 3.8) is 0 Å². The SMILES string of the molecule is COCCN(CC1CCCN1)c1ncc(Br)cc1Cl. The quantitative estimate of drug-likeness (QED) is 0.858. The van der Waals surface area contributed by atoms with Gasteiger partial charge in [0.25, 0.3) is 0 Å². The van der Waals surface area contributed by atoms with E-state index >= 15 is 0 Å². The molecule has 0 radical (unpaired) electrons. The lowest BCUT2D eigenvalue weighted by Gasteiger charge is -2.27. The summed E-state index contributed by atoms with van der Waals surface area (Å²) in [5.74, 6) is 0.829. The molecular formula is C13H19BrClN3O. The summed E-state index contributed by atoms with van der Waals surface area (Å²) in [6.45, 7) is 3.48. The Balaban J connectivity index is 2.10. The number of hydrogen-bond donors (Lipinski definition) is 1. The minimum absolute atomic E-state index is 0.512. The maximum atomic E-state index is 6.29. The molecule has 0 aromatic carbocycles. The van der Waals surface area contributed by atoms with Gasteiger partial charge in [-0.15, -0.1) is 0 Å². The number of pyridine rings is 1. The van der Waals surface area contributed by atoms with Crippen molar-refractivity contribution in [1.82, 2.24) is 10.3 Å². The fourth-order valence-corrected chi connectivity index (χ4v) is 3.05. The summed E-state index contributed by atoms with van der Waals surface area (Å²) in [5, 5.41) is 4.17. The smallest absolute Gasteiger partial charge is 0.147 e. The number of halogens is 2. The predicted molar refractivity (Wildman–Crippen MR) is 82.1 cm³/mol. The molecule has 1 aliphatic heterocycles. The van der Waals surface area contributed by atoms with Gasteiger partial charge in [0.15, 0.2) is 0 Å². The Morgan fingerprint density at radius 3 is 3.11 bits per heavy atom. The van der Waals surface area contributed by atoms with Crippen molar-refractivity contribution >= 4 is 33.3 Å². The summed E-state index contributed by atoms with van der Waals surface area (Å²) >= 11 is 9.68. The highest BCUT2D eigenvalue weighted by molar-refractivity contribution is 9.10. The average Bonchev–Trinajstić information content (AvgIpc) is 2.88. The molecule has 1 aliphatic rings. The van der Waals surface area contributed by atoms with Crippen molar-refractivity contribution in [3.05, 3.63) is 21.8 Å². The van der Waals surface area contributed by atoms with E-state index in [0.717, 1.165) is 29.9 Å². The van der Waals surface area contributed by atoms with Crippen molar-refractivity contribution in [2.24, 2.45) is 0 Å².